The maximum atomic E-state index is 13.2. The van der Waals surface area contributed by atoms with Gasteiger partial charge < -0.3 is 14.2 Å². The molecular weight excluding hydrogens is 356 g/mol. The molecule has 3 aromatic rings. The SMILES string of the molecule is COc1ccccc1C(C)N(C)C(=O)c1cc(C)n(Cc2cccs2)c1C. The van der Waals surface area contributed by atoms with Crippen LogP contribution in [-0.2, 0) is 6.54 Å². The molecule has 4 nitrogen and oxygen atoms in total. The molecule has 0 saturated heterocycles. The van der Waals surface area contributed by atoms with Crippen LogP contribution in [0.4, 0.5) is 0 Å². The summed E-state index contributed by atoms with van der Waals surface area (Å²) in [6, 6.07) is 13.9. The number of aromatic nitrogens is 1. The Balaban J connectivity index is 1.87. The topological polar surface area (TPSA) is 34.5 Å². The van der Waals surface area contributed by atoms with Gasteiger partial charge in [-0.25, -0.2) is 0 Å². The first-order valence-electron chi connectivity index (χ1n) is 9.03. The second-order valence-corrected chi connectivity index (χ2v) is 7.82. The summed E-state index contributed by atoms with van der Waals surface area (Å²) < 4.78 is 7.68. The summed E-state index contributed by atoms with van der Waals surface area (Å²) in [5, 5.41) is 2.08. The van der Waals surface area contributed by atoms with Crippen LogP contribution in [-0.4, -0.2) is 29.5 Å². The van der Waals surface area contributed by atoms with Gasteiger partial charge in [0.1, 0.15) is 5.75 Å². The third-order valence-electron chi connectivity index (χ3n) is 5.19. The molecule has 2 heterocycles. The van der Waals surface area contributed by atoms with Crippen molar-refractivity contribution in [2.24, 2.45) is 0 Å². The van der Waals surface area contributed by atoms with Crippen molar-refractivity contribution in [2.45, 2.75) is 33.4 Å². The van der Waals surface area contributed by atoms with Gasteiger partial charge in [-0.05, 0) is 44.4 Å². The summed E-state index contributed by atoms with van der Waals surface area (Å²) in [5.74, 6) is 0.826. The number of nitrogens with zero attached hydrogens (tertiary/aromatic N) is 2. The van der Waals surface area contributed by atoms with E-state index < -0.39 is 0 Å². The number of hydrogen-bond acceptors (Lipinski definition) is 3. The van der Waals surface area contributed by atoms with E-state index in [2.05, 4.69) is 29.0 Å². The first-order valence-corrected chi connectivity index (χ1v) is 9.91. The molecule has 0 N–H and O–H groups in total. The lowest BCUT2D eigenvalue weighted by Gasteiger charge is -2.26. The molecule has 142 valence electrons. The zero-order chi connectivity index (χ0) is 19.6. The normalized spacial score (nSPS) is 12.0. The van der Waals surface area contributed by atoms with Crippen molar-refractivity contribution in [1.82, 2.24) is 9.47 Å². The Morgan fingerprint density at radius 2 is 1.96 bits per heavy atom. The number of benzene rings is 1. The second-order valence-electron chi connectivity index (χ2n) is 6.78. The van der Waals surface area contributed by atoms with Crippen LogP contribution in [0, 0.1) is 13.8 Å². The van der Waals surface area contributed by atoms with Crippen molar-refractivity contribution in [1.29, 1.82) is 0 Å². The van der Waals surface area contributed by atoms with Gasteiger partial charge in [-0.15, -0.1) is 11.3 Å². The summed E-state index contributed by atoms with van der Waals surface area (Å²) in [6.45, 7) is 6.91. The van der Waals surface area contributed by atoms with Crippen molar-refractivity contribution in [2.75, 3.05) is 14.2 Å². The third-order valence-corrected chi connectivity index (χ3v) is 6.05. The molecule has 0 saturated carbocycles. The number of thiophene rings is 1. The number of para-hydroxylation sites is 1. The van der Waals surface area contributed by atoms with E-state index in [1.807, 2.05) is 51.2 Å². The lowest BCUT2D eigenvalue weighted by molar-refractivity contribution is 0.0740. The fraction of sp³-hybridized carbons (Fsp3) is 0.318. The average molecular weight is 383 g/mol. The molecule has 1 atom stereocenters. The molecule has 0 spiro atoms. The summed E-state index contributed by atoms with van der Waals surface area (Å²) in [4.78, 5) is 16.3. The summed E-state index contributed by atoms with van der Waals surface area (Å²) >= 11 is 1.74. The molecule has 2 aromatic heterocycles. The minimum absolute atomic E-state index is 0.0268. The molecule has 1 unspecified atom stereocenters. The molecule has 0 bridgehead atoms. The number of methoxy groups -OCH3 is 1. The van der Waals surface area contributed by atoms with Gasteiger partial charge >= 0.3 is 0 Å². The predicted molar refractivity (Wildman–Crippen MR) is 111 cm³/mol. The number of carbonyl (C=O) groups is 1. The first kappa shape index (κ1) is 19.2. The molecule has 0 fully saturated rings. The third kappa shape index (κ3) is 3.78. The number of aryl methyl sites for hydroxylation is 1. The molecule has 3 rings (SSSR count). The first-order chi connectivity index (χ1) is 12.9. The second kappa shape index (κ2) is 8.01. The van der Waals surface area contributed by atoms with Gasteiger partial charge in [-0.1, -0.05) is 24.3 Å². The zero-order valence-corrected chi connectivity index (χ0v) is 17.3. The number of carbonyl (C=O) groups excluding carboxylic acids is 1. The maximum Gasteiger partial charge on any atom is 0.255 e. The molecule has 1 amide bonds. The number of ether oxygens (including phenoxy) is 1. The van der Waals surface area contributed by atoms with Crippen molar-refractivity contribution >= 4 is 17.2 Å². The van der Waals surface area contributed by atoms with E-state index >= 15 is 0 Å². The van der Waals surface area contributed by atoms with E-state index in [1.165, 1.54) is 4.88 Å². The van der Waals surface area contributed by atoms with E-state index in [1.54, 1.807) is 23.3 Å². The van der Waals surface area contributed by atoms with Crippen LogP contribution in [0.1, 0.15) is 45.2 Å². The highest BCUT2D eigenvalue weighted by molar-refractivity contribution is 7.09. The van der Waals surface area contributed by atoms with E-state index in [9.17, 15) is 4.79 Å². The Labute approximate surface area is 165 Å². The molecule has 0 aliphatic rings. The Morgan fingerprint density at radius 1 is 1.22 bits per heavy atom. The minimum atomic E-state index is -0.0889. The fourth-order valence-corrected chi connectivity index (χ4v) is 4.10. The van der Waals surface area contributed by atoms with Crippen LogP contribution in [0.3, 0.4) is 0 Å². The Hall–Kier alpha value is -2.53. The van der Waals surface area contributed by atoms with Crippen molar-refractivity contribution in [3.8, 4) is 5.75 Å². The number of amides is 1. The van der Waals surface area contributed by atoms with Crippen molar-refractivity contribution < 1.29 is 9.53 Å². The van der Waals surface area contributed by atoms with Gasteiger partial charge in [-0.3, -0.25) is 4.79 Å². The summed E-state index contributed by atoms with van der Waals surface area (Å²) in [5.41, 5.74) is 3.86. The maximum absolute atomic E-state index is 13.2. The molecule has 1 aromatic carbocycles. The van der Waals surface area contributed by atoms with E-state index in [4.69, 9.17) is 4.74 Å². The largest absolute Gasteiger partial charge is 0.496 e. The Kier molecular flexibility index (Phi) is 5.71. The van der Waals surface area contributed by atoms with Gasteiger partial charge in [0, 0.05) is 28.9 Å². The Bertz CT molecular complexity index is 928. The molecule has 0 aliphatic carbocycles. The minimum Gasteiger partial charge on any atom is -0.496 e. The quantitative estimate of drug-likeness (QED) is 0.597. The molecule has 5 heteroatoms. The highest BCUT2D eigenvalue weighted by Crippen LogP contribution is 2.30. The number of rotatable bonds is 6. The van der Waals surface area contributed by atoms with Crippen molar-refractivity contribution in [3.63, 3.8) is 0 Å². The fourth-order valence-electron chi connectivity index (χ4n) is 3.41. The molecule has 27 heavy (non-hydrogen) atoms. The van der Waals surface area contributed by atoms with Crippen LogP contribution in [0.25, 0.3) is 0 Å². The Morgan fingerprint density at radius 3 is 2.63 bits per heavy atom. The summed E-state index contributed by atoms with van der Waals surface area (Å²) in [7, 11) is 3.51. The highest BCUT2D eigenvalue weighted by atomic mass is 32.1. The molecule has 0 aliphatic heterocycles. The van der Waals surface area contributed by atoms with Gasteiger partial charge in [0.05, 0.1) is 25.3 Å². The summed E-state index contributed by atoms with van der Waals surface area (Å²) in [6.07, 6.45) is 0. The molecule has 0 radical (unpaired) electrons. The predicted octanol–water partition coefficient (Wildman–Crippen LogP) is 5.06. The molecular formula is C22H26N2O2S. The lowest BCUT2D eigenvalue weighted by atomic mass is 10.0. The zero-order valence-electron chi connectivity index (χ0n) is 16.5. The van der Waals surface area contributed by atoms with Crippen LogP contribution < -0.4 is 4.74 Å². The lowest BCUT2D eigenvalue weighted by Crippen LogP contribution is -2.30. The van der Waals surface area contributed by atoms with Gasteiger partial charge in [-0.2, -0.15) is 0 Å². The smallest absolute Gasteiger partial charge is 0.255 e. The van der Waals surface area contributed by atoms with Crippen LogP contribution >= 0.6 is 11.3 Å². The standard InChI is InChI=1S/C22H26N2O2S/c1-15-13-20(17(3)24(15)14-18-9-8-12-27-18)22(25)23(4)16(2)19-10-6-7-11-21(19)26-5/h6-13,16H,14H2,1-5H3. The van der Waals surface area contributed by atoms with Crippen LogP contribution in [0.15, 0.2) is 47.8 Å². The highest BCUT2D eigenvalue weighted by Gasteiger charge is 2.24. The van der Waals surface area contributed by atoms with E-state index in [0.29, 0.717) is 0 Å². The van der Waals surface area contributed by atoms with Crippen LogP contribution in [0.5, 0.6) is 5.75 Å². The van der Waals surface area contributed by atoms with Gasteiger partial charge in [0.15, 0.2) is 0 Å². The van der Waals surface area contributed by atoms with Crippen molar-refractivity contribution in [3.05, 3.63) is 75.2 Å². The monoisotopic (exact) mass is 382 g/mol. The average Bonchev–Trinajstić information content (AvgIpc) is 3.30. The number of hydrogen-bond donors (Lipinski definition) is 0. The van der Waals surface area contributed by atoms with Crippen LogP contribution in [0.2, 0.25) is 0 Å². The van der Waals surface area contributed by atoms with Gasteiger partial charge in [0.25, 0.3) is 5.91 Å². The van der Waals surface area contributed by atoms with E-state index in [0.717, 1.165) is 34.8 Å². The van der Waals surface area contributed by atoms with E-state index in [-0.39, 0.29) is 11.9 Å². The van der Waals surface area contributed by atoms with Gasteiger partial charge in [0.2, 0.25) is 0 Å².